The Bertz CT molecular complexity index is 707. The lowest BCUT2D eigenvalue weighted by Crippen LogP contribution is -1.84. The van der Waals surface area contributed by atoms with Crippen molar-refractivity contribution in [3.8, 4) is 22.3 Å². The number of benzene rings is 3. The highest BCUT2D eigenvalue weighted by atomic mass is 14.1. The first-order valence-electron chi connectivity index (χ1n) is 6.82. The Morgan fingerprint density at radius 3 is 1.70 bits per heavy atom. The topological polar surface area (TPSA) is 0 Å². The summed E-state index contributed by atoms with van der Waals surface area (Å²) in [5, 5.41) is 0. The summed E-state index contributed by atoms with van der Waals surface area (Å²) in [6, 6.07) is 25.6. The van der Waals surface area contributed by atoms with Crippen LogP contribution in [-0.2, 0) is 0 Å². The molecule has 0 saturated heterocycles. The molecule has 0 heterocycles. The highest BCUT2D eigenvalue weighted by Gasteiger charge is 1.99. The van der Waals surface area contributed by atoms with E-state index in [1.54, 1.807) is 0 Å². The predicted octanol–water partition coefficient (Wildman–Crippen LogP) is 5.51. The first-order valence-corrected chi connectivity index (χ1v) is 6.82. The summed E-state index contributed by atoms with van der Waals surface area (Å²) < 4.78 is 0. The highest BCUT2D eigenvalue weighted by Crippen LogP contribution is 2.26. The lowest BCUT2D eigenvalue weighted by molar-refractivity contribution is 1.41. The molecular formula is C20H17-. The Labute approximate surface area is 120 Å². The van der Waals surface area contributed by atoms with Gasteiger partial charge in [0.1, 0.15) is 0 Å². The van der Waals surface area contributed by atoms with Gasteiger partial charge in [-0.05, 0) is 22.3 Å². The monoisotopic (exact) mass is 257 g/mol. The van der Waals surface area contributed by atoms with Gasteiger partial charge in [-0.2, -0.15) is 24.1 Å². The van der Waals surface area contributed by atoms with Crippen molar-refractivity contribution < 1.29 is 0 Å². The predicted molar refractivity (Wildman–Crippen MR) is 86.5 cm³/mol. The molecular weight excluding hydrogens is 240 g/mol. The Morgan fingerprint density at radius 2 is 1.10 bits per heavy atom. The molecule has 0 aliphatic heterocycles. The molecule has 3 aromatic rings. The van der Waals surface area contributed by atoms with Gasteiger partial charge in [-0.25, -0.2) is 0 Å². The molecule has 0 atom stereocenters. The van der Waals surface area contributed by atoms with Gasteiger partial charge in [0.15, 0.2) is 0 Å². The number of hydrogen-bond donors (Lipinski definition) is 0. The van der Waals surface area contributed by atoms with Gasteiger partial charge in [0.05, 0.1) is 0 Å². The summed E-state index contributed by atoms with van der Waals surface area (Å²) in [7, 11) is 0. The van der Waals surface area contributed by atoms with E-state index in [0.29, 0.717) is 0 Å². The minimum atomic E-state index is 1.09. The quantitative estimate of drug-likeness (QED) is 0.531. The zero-order valence-electron chi connectivity index (χ0n) is 11.6. The van der Waals surface area contributed by atoms with Gasteiger partial charge in [0, 0.05) is 0 Å². The zero-order chi connectivity index (χ0) is 13.9. The van der Waals surface area contributed by atoms with Crippen LogP contribution < -0.4 is 0 Å². The maximum absolute atomic E-state index is 4.01. The van der Waals surface area contributed by atoms with Gasteiger partial charge in [0.25, 0.3) is 0 Å². The van der Waals surface area contributed by atoms with Crippen LogP contribution in [0.1, 0.15) is 11.1 Å². The van der Waals surface area contributed by atoms with Crippen molar-refractivity contribution in [2.24, 2.45) is 0 Å². The van der Waals surface area contributed by atoms with Crippen molar-refractivity contribution in [1.82, 2.24) is 0 Å². The maximum Gasteiger partial charge on any atom is -0.0184 e. The van der Waals surface area contributed by atoms with E-state index in [9.17, 15) is 0 Å². The van der Waals surface area contributed by atoms with Crippen molar-refractivity contribution in [2.75, 3.05) is 0 Å². The molecule has 0 N–H and O–H groups in total. The van der Waals surface area contributed by atoms with E-state index in [0.717, 1.165) is 5.56 Å². The van der Waals surface area contributed by atoms with Gasteiger partial charge in [-0.15, -0.1) is 12.1 Å². The van der Waals surface area contributed by atoms with Crippen molar-refractivity contribution in [3.05, 3.63) is 90.8 Å². The van der Waals surface area contributed by atoms with Crippen LogP contribution in [0, 0.1) is 13.8 Å². The highest BCUT2D eigenvalue weighted by molar-refractivity contribution is 5.71. The standard InChI is InChI=1S/C20H17/c1-15-8-9-20(14-16(15)2)19-12-10-18(11-13-19)17-6-4-3-5-7-17/h3-14H,1H2,2H3/q-1. The average Bonchev–Trinajstić information content (AvgIpc) is 2.51. The van der Waals surface area contributed by atoms with Crippen molar-refractivity contribution in [2.45, 2.75) is 6.92 Å². The molecule has 0 amide bonds. The van der Waals surface area contributed by atoms with Crippen LogP contribution in [0.5, 0.6) is 0 Å². The van der Waals surface area contributed by atoms with Crippen LogP contribution in [0.2, 0.25) is 0 Å². The van der Waals surface area contributed by atoms with E-state index < -0.39 is 0 Å². The molecule has 3 rings (SSSR count). The Hall–Kier alpha value is -2.47. The minimum absolute atomic E-state index is 1.09. The smallest absolute Gasteiger partial charge is 0.0184 e. The third-order valence-electron chi connectivity index (χ3n) is 3.67. The number of hydrogen-bond acceptors (Lipinski definition) is 0. The SMILES string of the molecule is [CH2-]c1ccc(-c2ccc(-c3ccccc3)cc2)cc1C. The summed E-state index contributed by atoms with van der Waals surface area (Å²) in [6.45, 7) is 6.11. The molecule has 0 unspecified atom stereocenters. The summed E-state index contributed by atoms with van der Waals surface area (Å²) >= 11 is 0. The molecule has 0 aliphatic rings. The van der Waals surface area contributed by atoms with Crippen molar-refractivity contribution in [1.29, 1.82) is 0 Å². The van der Waals surface area contributed by atoms with Crippen LogP contribution >= 0.6 is 0 Å². The molecule has 0 nitrogen and oxygen atoms in total. The molecule has 20 heavy (non-hydrogen) atoms. The lowest BCUT2D eigenvalue weighted by atomic mass is 9.98. The van der Waals surface area contributed by atoms with Gasteiger partial charge in [-0.1, -0.05) is 61.5 Å². The van der Waals surface area contributed by atoms with E-state index >= 15 is 0 Å². The molecule has 0 aromatic heterocycles. The third-order valence-corrected chi connectivity index (χ3v) is 3.67. The van der Waals surface area contributed by atoms with Crippen molar-refractivity contribution >= 4 is 0 Å². The van der Waals surface area contributed by atoms with E-state index in [2.05, 4.69) is 80.6 Å². The molecule has 0 saturated carbocycles. The van der Waals surface area contributed by atoms with Gasteiger partial charge in [0.2, 0.25) is 0 Å². The molecule has 0 aliphatic carbocycles. The molecule has 3 aromatic carbocycles. The Morgan fingerprint density at radius 1 is 0.600 bits per heavy atom. The van der Waals surface area contributed by atoms with Crippen LogP contribution in [0.25, 0.3) is 22.3 Å². The maximum atomic E-state index is 4.01. The summed E-state index contributed by atoms with van der Waals surface area (Å²) in [4.78, 5) is 0. The first kappa shape index (κ1) is 12.6. The number of rotatable bonds is 2. The number of aryl methyl sites for hydroxylation is 1. The average molecular weight is 257 g/mol. The second-order valence-corrected chi connectivity index (χ2v) is 5.08. The fourth-order valence-corrected chi connectivity index (χ4v) is 2.36. The molecule has 98 valence electrons. The fourth-order valence-electron chi connectivity index (χ4n) is 2.36. The molecule has 0 radical (unpaired) electrons. The second kappa shape index (κ2) is 5.26. The fraction of sp³-hybridized carbons (Fsp3) is 0.0500. The van der Waals surface area contributed by atoms with Crippen LogP contribution in [0.4, 0.5) is 0 Å². The largest absolute Gasteiger partial charge is 0.198 e. The molecule has 0 heteroatoms. The molecule has 0 spiro atoms. The van der Waals surface area contributed by atoms with E-state index in [-0.39, 0.29) is 0 Å². The Balaban J connectivity index is 1.95. The van der Waals surface area contributed by atoms with Crippen molar-refractivity contribution in [3.63, 3.8) is 0 Å². The zero-order valence-corrected chi connectivity index (χ0v) is 11.6. The summed E-state index contributed by atoms with van der Waals surface area (Å²) in [5.74, 6) is 0. The van der Waals surface area contributed by atoms with E-state index in [4.69, 9.17) is 0 Å². The van der Waals surface area contributed by atoms with Gasteiger partial charge < -0.3 is 0 Å². The van der Waals surface area contributed by atoms with Gasteiger partial charge in [-0.3, -0.25) is 0 Å². The van der Waals surface area contributed by atoms with Gasteiger partial charge >= 0.3 is 0 Å². The third kappa shape index (κ3) is 2.46. The molecule has 0 fully saturated rings. The van der Waals surface area contributed by atoms with E-state index in [1.807, 2.05) is 6.07 Å². The Kier molecular flexibility index (Phi) is 3.30. The first-order chi connectivity index (χ1) is 9.74. The normalized spacial score (nSPS) is 10.4. The molecule has 0 bridgehead atoms. The van der Waals surface area contributed by atoms with Crippen LogP contribution in [0.15, 0.2) is 72.8 Å². The lowest BCUT2D eigenvalue weighted by Gasteiger charge is -2.12. The van der Waals surface area contributed by atoms with Crippen LogP contribution in [-0.4, -0.2) is 0 Å². The van der Waals surface area contributed by atoms with Crippen LogP contribution in [0.3, 0.4) is 0 Å². The minimum Gasteiger partial charge on any atom is -0.198 e. The second-order valence-electron chi connectivity index (χ2n) is 5.08. The van der Waals surface area contributed by atoms with E-state index in [1.165, 1.54) is 27.8 Å². The summed E-state index contributed by atoms with van der Waals surface area (Å²) in [5.41, 5.74) is 7.31. The summed E-state index contributed by atoms with van der Waals surface area (Å²) in [6.07, 6.45) is 0.